The maximum atomic E-state index is 6.25. The van der Waals surface area contributed by atoms with Crippen molar-refractivity contribution in [1.29, 1.82) is 0 Å². The van der Waals surface area contributed by atoms with Crippen molar-refractivity contribution in [3.8, 4) is 0 Å². The summed E-state index contributed by atoms with van der Waals surface area (Å²) in [5.41, 5.74) is 0.855. The average Bonchev–Trinajstić information content (AvgIpc) is 3.23. The number of fused-ring (bicyclic) bond motifs is 1. The first-order valence-electron chi connectivity index (χ1n) is 8.22. The third-order valence-corrected chi connectivity index (χ3v) is 5.33. The van der Waals surface area contributed by atoms with Gasteiger partial charge < -0.3 is 9.73 Å². The summed E-state index contributed by atoms with van der Waals surface area (Å²) in [5.74, 6) is 2.40. The molecule has 0 bridgehead atoms. The molecule has 2 fully saturated rings. The largest absolute Gasteiger partial charge is 0.459 e. The second-order valence-corrected chi connectivity index (χ2v) is 7.05. The fourth-order valence-corrected chi connectivity index (χ4v) is 3.88. The first-order valence-corrected chi connectivity index (χ1v) is 8.60. The molecule has 1 heterocycles. The molecular formula is C18H22ClNO. The summed E-state index contributed by atoms with van der Waals surface area (Å²) < 4.78 is 6.13. The van der Waals surface area contributed by atoms with Gasteiger partial charge in [0.2, 0.25) is 0 Å². The molecule has 3 heteroatoms. The van der Waals surface area contributed by atoms with Crippen LogP contribution in [0.5, 0.6) is 0 Å². The van der Waals surface area contributed by atoms with Crippen molar-refractivity contribution in [2.45, 2.75) is 50.5 Å². The third-order valence-electron chi connectivity index (χ3n) is 5.04. The molecule has 2 saturated carbocycles. The van der Waals surface area contributed by atoms with E-state index in [2.05, 4.69) is 17.4 Å². The van der Waals surface area contributed by atoms with E-state index < -0.39 is 0 Å². The Morgan fingerprint density at radius 3 is 2.81 bits per heavy atom. The normalized spacial score (nSPS) is 26.3. The van der Waals surface area contributed by atoms with Gasteiger partial charge in [0.1, 0.15) is 5.76 Å². The van der Waals surface area contributed by atoms with Gasteiger partial charge in [0.05, 0.1) is 5.02 Å². The fraction of sp³-hybridized carbons (Fsp3) is 0.556. The number of para-hydroxylation sites is 1. The van der Waals surface area contributed by atoms with Gasteiger partial charge in [-0.25, -0.2) is 0 Å². The molecule has 0 amide bonds. The molecule has 2 aliphatic carbocycles. The number of nitrogens with one attached hydrogen (secondary N) is 1. The number of furan rings is 1. The van der Waals surface area contributed by atoms with Crippen LogP contribution >= 0.6 is 11.6 Å². The van der Waals surface area contributed by atoms with Crippen LogP contribution in [0.3, 0.4) is 0 Å². The van der Waals surface area contributed by atoms with Crippen LogP contribution < -0.4 is 5.32 Å². The average molecular weight is 304 g/mol. The number of hydrogen-bond acceptors (Lipinski definition) is 2. The van der Waals surface area contributed by atoms with Crippen molar-refractivity contribution in [2.75, 3.05) is 6.54 Å². The minimum absolute atomic E-state index is 0.550. The monoisotopic (exact) mass is 303 g/mol. The van der Waals surface area contributed by atoms with Crippen molar-refractivity contribution >= 4 is 22.6 Å². The van der Waals surface area contributed by atoms with E-state index in [1.165, 1.54) is 38.5 Å². The number of benzene rings is 1. The zero-order valence-electron chi connectivity index (χ0n) is 12.3. The van der Waals surface area contributed by atoms with Crippen molar-refractivity contribution in [3.05, 3.63) is 35.0 Å². The second-order valence-electron chi connectivity index (χ2n) is 6.64. The van der Waals surface area contributed by atoms with Crippen LogP contribution in [-0.2, 0) is 0 Å². The van der Waals surface area contributed by atoms with E-state index >= 15 is 0 Å². The van der Waals surface area contributed by atoms with Crippen LogP contribution in [0.2, 0.25) is 5.02 Å². The van der Waals surface area contributed by atoms with E-state index in [0.29, 0.717) is 11.8 Å². The van der Waals surface area contributed by atoms with Gasteiger partial charge in [-0.2, -0.15) is 0 Å². The Hall–Kier alpha value is -0.990. The molecule has 2 nitrogen and oxygen atoms in total. The molecule has 0 aliphatic heterocycles. The van der Waals surface area contributed by atoms with Gasteiger partial charge in [0.15, 0.2) is 5.58 Å². The van der Waals surface area contributed by atoms with Crippen molar-refractivity contribution in [3.63, 3.8) is 0 Å². The van der Waals surface area contributed by atoms with Gasteiger partial charge in [-0.15, -0.1) is 0 Å². The Balaban J connectivity index is 1.59. The van der Waals surface area contributed by atoms with Crippen molar-refractivity contribution in [1.82, 2.24) is 5.32 Å². The van der Waals surface area contributed by atoms with Crippen LogP contribution in [0.1, 0.15) is 50.2 Å². The number of hydrogen-bond donors (Lipinski definition) is 1. The van der Waals surface area contributed by atoms with Crippen LogP contribution in [0.4, 0.5) is 0 Å². The highest BCUT2D eigenvalue weighted by Crippen LogP contribution is 2.41. The number of rotatable bonds is 4. The highest BCUT2D eigenvalue weighted by atomic mass is 35.5. The summed E-state index contributed by atoms with van der Waals surface area (Å²) in [6, 6.07) is 8.99. The van der Waals surface area contributed by atoms with E-state index in [9.17, 15) is 0 Å². The minimum atomic E-state index is 0.550. The van der Waals surface area contributed by atoms with Gasteiger partial charge in [0.25, 0.3) is 0 Å². The second kappa shape index (κ2) is 5.66. The zero-order chi connectivity index (χ0) is 14.2. The van der Waals surface area contributed by atoms with Gasteiger partial charge in [-0.1, -0.05) is 36.6 Å². The summed E-state index contributed by atoms with van der Waals surface area (Å²) >= 11 is 6.25. The summed E-state index contributed by atoms with van der Waals surface area (Å²) in [5, 5.41) is 5.56. The van der Waals surface area contributed by atoms with Gasteiger partial charge >= 0.3 is 0 Å². The highest BCUT2D eigenvalue weighted by molar-refractivity contribution is 6.34. The quantitative estimate of drug-likeness (QED) is 0.849. The lowest BCUT2D eigenvalue weighted by molar-refractivity contribution is 0.267. The van der Waals surface area contributed by atoms with E-state index in [4.69, 9.17) is 16.0 Å². The molecular weight excluding hydrogens is 282 g/mol. The lowest BCUT2D eigenvalue weighted by Crippen LogP contribution is -2.30. The highest BCUT2D eigenvalue weighted by Gasteiger charge is 2.31. The number of halogens is 1. The predicted octanol–water partition coefficient (Wildman–Crippen LogP) is 5.11. The van der Waals surface area contributed by atoms with Gasteiger partial charge in [-0.05, 0) is 50.3 Å². The Morgan fingerprint density at radius 2 is 2.00 bits per heavy atom. The molecule has 4 rings (SSSR count). The maximum Gasteiger partial charge on any atom is 0.152 e. The van der Waals surface area contributed by atoms with Crippen molar-refractivity contribution < 1.29 is 4.42 Å². The molecule has 2 aliphatic rings. The Morgan fingerprint density at radius 1 is 1.14 bits per heavy atom. The standard InChI is InChI=1S/C18H22ClNO/c19-16-7-3-5-12-10-17(21-18(12)16)15-6-2-1-4-13(15)11-20-14-8-9-14/h3,5,7,10,13-15,20H,1-2,4,6,8-9,11H2. The SMILES string of the molecule is Clc1cccc2cc(C3CCCCC3CNC3CC3)oc12. The maximum absolute atomic E-state index is 6.25. The van der Waals surface area contributed by atoms with E-state index in [0.717, 1.165) is 34.3 Å². The molecule has 1 aromatic carbocycles. The topological polar surface area (TPSA) is 25.2 Å². The van der Waals surface area contributed by atoms with Crippen LogP contribution in [0.25, 0.3) is 11.0 Å². The minimum Gasteiger partial charge on any atom is -0.459 e. The molecule has 2 aromatic rings. The molecule has 21 heavy (non-hydrogen) atoms. The van der Waals surface area contributed by atoms with E-state index in [-0.39, 0.29) is 0 Å². The molecule has 0 saturated heterocycles. The lowest BCUT2D eigenvalue weighted by Gasteiger charge is -2.30. The van der Waals surface area contributed by atoms with Crippen molar-refractivity contribution in [2.24, 2.45) is 5.92 Å². The lowest BCUT2D eigenvalue weighted by atomic mass is 9.78. The summed E-state index contributed by atoms with van der Waals surface area (Å²) in [4.78, 5) is 0. The fourth-order valence-electron chi connectivity index (χ4n) is 3.66. The molecule has 0 radical (unpaired) electrons. The predicted molar refractivity (Wildman–Crippen MR) is 86.9 cm³/mol. The molecule has 0 spiro atoms. The first-order chi connectivity index (χ1) is 10.3. The summed E-state index contributed by atoms with van der Waals surface area (Å²) in [6.45, 7) is 1.14. The van der Waals surface area contributed by atoms with Gasteiger partial charge in [0, 0.05) is 17.3 Å². The molecule has 112 valence electrons. The smallest absolute Gasteiger partial charge is 0.152 e. The van der Waals surface area contributed by atoms with Crippen LogP contribution in [0, 0.1) is 5.92 Å². The Kier molecular flexibility index (Phi) is 3.68. The summed E-state index contributed by atoms with van der Waals surface area (Å²) in [7, 11) is 0. The zero-order valence-corrected chi connectivity index (χ0v) is 13.0. The Labute approximate surface area is 130 Å². The van der Waals surface area contributed by atoms with E-state index in [1.54, 1.807) is 0 Å². The molecule has 2 unspecified atom stereocenters. The summed E-state index contributed by atoms with van der Waals surface area (Å²) in [6.07, 6.45) is 7.95. The molecule has 2 atom stereocenters. The molecule has 1 N–H and O–H groups in total. The van der Waals surface area contributed by atoms with Crippen LogP contribution in [-0.4, -0.2) is 12.6 Å². The third kappa shape index (κ3) is 2.84. The molecule has 1 aromatic heterocycles. The first kappa shape index (κ1) is 13.7. The van der Waals surface area contributed by atoms with Crippen LogP contribution in [0.15, 0.2) is 28.7 Å². The Bertz CT molecular complexity index is 631. The van der Waals surface area contributed by atoms with Gasteiger partial charge in [-0.3, -0.25) is 0 Å². The van der Waals surface area contributed by atoms with E-state index in [1.807, 2.05) is 12.1 Å².